The molecule has 0 saturated heterocycles. The van der Waals surface area contributed by atoms with Crippen LogP contribution in [0.15, 0.2) is 84.2 Å². The van der Waals surface area contributed by atoms with Crippen LogP contribution in [0.25, 0.3) is 10.6 Å². The van der Waals surface area contributed by atoms with E-state index < -0.39 is 0 Å². The molecule has 5 rings (SSSR count). The Kier molecular flexibility index (Phi) is 6.68. The Morgan fingerprint density at radius 2 is 1.77 bits per heavy atom. The summed E-state index contributed by atoms with van der Waals surface area (Å²) in [5.41, 5.74) is 4.36. The van der Waals surface area contributed by atoms with E-state index in [4.69, 9.17) is 0 Å². The van der Waals surface area contributed by atoms with Crippen LogP contribution < -0.4 is 5.32 Å². The van der Waals surface area contributed by atoms with E-state index in [1.807, 2.05) is 64.9 Å². The van der Waals surface area contributed by atoms with Gasteiger partial charge in [0.2, 0.25) is 5.91 Å². The molecule has 1 N–H and O–H groups in total. The van der Waals surface area contributed by atoms with Crippen LogP contribution in [0.4, 0.5) is 4.39 Å². The lowest BCUT2D eigenvalue weighted by Crippen LogP contribution is -2.36. The van der Waals surface area contributed by atoms with Gasteiger partial charge in [-0.25, -0.2) is 9.37 Å². The van der Waals surface area contributed by atoms with E-state index in [0.29, 0.717) is 25.3 Å². The molecule has 3 aromatic carbocycles. The molecular weight excluding hydrogens is 461 g/mol. The highest BCUT2D eigenvalue weighted by atomic mass is 32.1. The molecule has 0 radical (unpaired) electrons. The van der Waals surface area contributed by atoms with Crippen LogP contribution in [-0.4, -0.2) is 34.8 Å². The molecule has 0 bridgehead atoms. The minimum absolute atomic E-state index is 0.0312. The number of benzene rings is 3. The summed E-state index contributed by atoms with van der Waals surface area (Å²) in [7, 11) is 0. The lowest BCUT2D eigenvalue weighted by Gasteiger charge is -2.24. The van der Waals surface area contributed by atoms with Gasteiger partial charge in [0.1, 0.15) is 10.8 Å². The molecule has 0 unspecified atom stereocenters. The van der Waals surface area contributed by atoms with E-state index in [1.165, 1.54) is 23.5 Å². The van der Waals surface area contributed by atoms with Crippen molar-refractivity contribution in [3.8, 4) is 10.6 Å². The average Bonchev–Trinajstić information content (AvgIpc) is 3.47. The molecule has 0 saturated carbocycles. The number of rotatable bonds is 8. The van der Waals surface area contributed by atoms with E-state index in [9.17, 15) is 14.0 Å². The zero-order chi connectivity index (χ0) is 24.2. The van der Waals surface area contributed by atoms with Crippen molar-refractivity contribution in [2.24, 2.45) is 0 Å². The maximum atomic E-state index is 13.2. The first kappa shape index (κ1) is 22.9. The van der Waals surface area contributed by atoms with Crippen LogP contribution in [-0.2, 0) is 17.8 Å². The summed E-state index contributed by atoms with van der Waals surface area (Å²) in [6.45, 7) is 1.51. The molecule has 0 aliphatic carbocycles. The van der Waals surface area contributed by atoms with Crippen LogP contribution in [0.1, 0.15) is 33.1 Å². The molecule has 4 aromatic rings. The predicted octanol–water partition coefficient (Wildman–Crippen LogP) is 5.05. The number of aromatic nitrogens is 1. The average molecular weight is 486 g/mol. The van der Waals surface area contributed by atoms with E-state index in [-0.39, 0.29) is 30.0 Å². The van der Waals surface area contributed by atoms with Gasteiger partial charge >= 0.3 is 0 Å². The van der Waals surface area contributed by atoms with Crippen LogP contribution in [0.3, 0.4) is 0 Å². The van der Waals surface area contributed by atoms with Crippen molar-refractivity contribution in [2.75, 3.05) is 13.1 Å². The number of hydrogen-bond acceptors (Lipinski definition) is 4. The quantitative estimate of drug-likeness (QED) is 0.380. The highest BCUT2D eigenvalue weighted by molar-refractivity contribution is 7.13. The van der Waals surface area contributed by atoms with Crippen molar-refractivity contribution in [1.29, 1.82) is 0 Å². The summed E-state index contributed by atoms with van der Waals surface area (Å²) in [5, 5.41) is 5.64. The van der Waals surface area contributed by atoms with Crippen molar-refractivity contribution in [2.45, 2.75) is 18.9 Å². The SMILES string of the molecule is O=C(Cc1csc(-c2ccc(F)cc2)n1)NC[C@@H](CN1Cc2ccccc2C1=O)c1ccccc1. The number of hydrogen-bond donors (Lipinski definition) is 1. The second-order valence-corrected chi connectivity index (χ2v) is 9.44. The van der Waals surface area contributed by atoms with Gasteiger partial charge in [-0.1, -0.05) is 48.5 Å². The standard InChI is InChI=1S/C28H24FN3O2S/c29-23-12-10-20(11-13-23)27-31-24(18-35-27)14-26(33)30-15-22(19-6-2-1-3-7-19)17-32-16-21-8-4-5-9-25(21)28(32)34/h1-13,18,22H,14-17H2,(H,30,33)/t22-/m0/s1. The number of thiazole rings is 1. The van der Waals surface area contributed by atoms with Crippen molar-refractivity contribution < 1.29 is 14.0 Å². The number of amides is 2. The van der Waals surface area contributed by atoms with Gasteiger partial charge in [0.25, 0.3) is 5.91 Å². The van der Waals surface area contributed by atoms with E-state index in [1.54, 1.807) is 12.1 Å². The van der Waals surface area contributed by atoms with Crippen LogP contribution >= 0.6 is 11.3 Å². The van der Waals surface area contributed by atoms with Crippen LogP contribution in [0.5, 0.6) is 0 Å². The highest BCUT2D eigenvalue weighted by Crippen LogP contribution is 2.26. The first-order valence-corrected chi connectivity index (χ1v) is 12.3. The minimum atomic E-state index is -0.294. The van der Waals surface area contributed by atoms with E-state index in [0.717, 1.165) is 27.3 Å². The molecule has 1 aliphatic heterocycles. The van der Waals surface area contributed by atoms with Gasteiger partial charge in [0.05, 0.1) is 12.1 Å². The Labute approximate surface area is 207 Å². The first-order chi connectivity index (χ1) is 17.1. The van der Waals surface area contributed by atoms with E-state index >= 15 is 0 Å². The third-order valence-corrected chi connectivity index (χ3v) is 7.08. The Balaban J connectivity index is 1.23. The van der Waals surface area contributed by atoms with Crippen LogP contribution in [0.2, 0.25) is 0 Å². The zero-order valence-electron chi connectivity index (χ0n) is 19.0. The first-order valence-electron chi connectivity index (χ1n) is 11.5. The molecule has 0 spiro atoms. The molecule has 35 heavy (non-hydrogen) atoms. The number of carbonyl (C=O) groups excluding carboxylic acids is 2. The van der Waals surface area contributed by atoms with Crippen molar-refractivity contribution >= 4 is 23.2 Å². The maximum Gasteiger partial charge on any atom is 0.254 e. The monoisotopic (exact) mass is 485 g/mol. The van der Waals surface area contributed by atoms with Gasteiger partial charge in [0, 0.05) is 42.1 Å². The number of halogens is 1. The number of carbonyl (C=O) groups is 2. The Morgan fingerprint density at radius 1 is 1.03 bits per heavy atom. The molecule has 1 aliphatic rings. The number of nitrogens with one attached hydrogen (secondary N) is 1. The van der Waals surface area contributed by atoms with Gasteiger partial charge in [-0.15, -0.1) is 11.3 Å². The largest absolute Gasteiger partial charge is 0.355 e. The third kappa shape index (κ3) is 5.30. The highest BCUT2D eigenvalue weighted by Gasteiger charge is 2.29. The van der Waals surface area contributed by atoms with Gasteiger partial charge in [-0.3, -0.25) is 9.59 Å². The molecule has 1 aromatic heterocycles. The maximum absolute atomic E-state index is 13.2. The fourth-order valence-electron chi connectivity index (χ4n) is 4.32. The molecule has 7 heteroatoms. The molecule has 0 fully saturated rings. The van der Waals surface area contributed by atoms with Gasteiger partial charge in [-0.2, -0.15) is 0 Å². The third-order valence-electron chi connectivity index (χ3n) is 6.14. The molecule has 1 atom stereocenters. The lowest BCUT2D eigenvalue weighted by atomic mass is 9.98. The van der Waals surface area contributed by atoms with Crippen molar-refractivity contribution in [3.05, 3.63) is 112 Å². The summed E-state index contributed by atoms with van der Waals surface area (Å²) in [6, 6.07) is 23.8. The van der Waals surface area contributed by atoms with Crippen molar-refractivity contribution in [3.63, 3.8) is 0 Å². The normalized spacial score (nSPS) is 13.5. The van der Waals surface area contributed by atoms with Gasteiger partial charge < -0.3 is 10.2 Å². The predicted molar refractivity (Wildman–Crippen MR) is 135 cm³/mol. The molecule has 2 heterocycles. The molecular formula is C28H24FN3O2S. The molecule has 2 amide bonds. The smallest absolute Gasteiger partial charge is 0.254 e. The number of fused-ring (bicyclic) bond motifs is 1. The summed E-state index contributed by atoms with van der Waals surface area (Å²) >= 11 is 1.43. The summed E-state index contributed by atoms with van der Waals surface area (Å²) in [6.07, 6.45) is 0.160. The Hall–Kier alpha value is -3.84. The lowest BCUT2D eigenvalue weighted by molar-refractivity contribution is -0.120. The Morgan fingerprint density at radius 3 is 2.54 bits per heavy atom. The number of nitrogens with zero attached hydrogens (tertiary/aromatic N) is 2. The van der Waals surface area contributed by atoms with Gasteiger partial charge in [0.15, 0.2) is 0 Å². The second-order valence-electron chi connectivity index (χ2n) is 8.58. The Bertz CT molecular complexity index is 1340. The second kappa shape index (κ2) is 10.2. The molecule has 5 nitrogen and oxygen atoms in total. The van der Waals surface area contributed by atoms with Gasteiger partial charge in [-0.05, 0) is 41.5 Å². The van der Waals surface area contributed by atoms with E-state index in [2.05, 4.69) is 10.3 Å². The van der Waals surface area contributed by atoms with Crippen molar-refractivity contribution in [1.82, 2.24) is 15.2 Å². The zero-order valence-corrected chi connectivity index (χ0v) is 19.8. The fourth-order valence-corrected chi connectivity index (χ4v) is 5.14. The minimum Gasteiger partial charge on any atom is -0.355 e. The topological polar surface area (TPSA) is 62.3 Å². The summed E-state index contributed by atoms with van der Waals surface area (Å²) < 4.78 is 13.2. The van der Waals surface area contributed by atoms with Crippen LogP contribution in [0, 0.1) is 5.82 Å². The summed E-state index contributed by atoms with van der Waals surface area (Å²) in [5.74, 6) is -0.428. The molecule has 176 valence electrons. The summed E-state index contributed by atoms with van der Waals surface area (Å²) in [4.78, 5) is 32.0. The fraction of sp³-hybridized carbons (Fsp3) is 0.179.